The summed E-state index contributed by atoms with van der Waals surface area (Å²) in [5, 5.41) is 12.3. The van der Waals surface area contributed by atoms with E-state index in [4.69, 9.17) is 4.74 Å². The first-order valence-electron chi connectivity index (χ1n) is 12.6. The van der Waals surface area contributed by atoms with Gasteiger partial charge >= 0.3 is 0 Å². The Kier molecular flexibility index (Phi) is 8.63. The summed E-state index contributed by atoms with van der Waals surface area (Å²) in [4.78, 5) is 27.8. The topological polar surface area (TPSA) is 89.3 Å². The Morgan fingerprint density at radius 2 is 1.79 bits per heavy atom. The highest BCUT2D eigenvalue weighted by Gasteiger charge is 2.23. The van der Waals surface area contributed by atoms with Crippen molar-refractivity contribution in [2.24, 2.45) is 0 Å². The molecule has 10 heteroatoms. The van der Waals surface area contributed by atoms with Gasteiger partial charge in [-0.1, -0.05) is 58.0 Å². The van der Waals surface area contributed by atoms with E-state index >= 15 is 0 Å². The van der Waals surface area contributed by atoms with E-state index in [2.05, 4.69) is 37.5 Å². The van der Waals surface area contributed by atoms with Crippen molar-refractivity contribution in [2.45, 2.75) is 31.0 Å². The predicted molar refractivity (Wildman–Crippen MR) is 155 cm³/mol. The van der Waals surface area contributed by atoms with Crippen LogP contribution in [0.3, 0.4) is 0 Å². The average molecular weight is 607 g/mol. The maximum Gasteiger partial charge on any atom is 0.237 e. The van der Waals surface area contributed by atoms with Gasteiger partial charge in [-0.05, 0) is 66.4 Å². The summed E-state index contributed by atoms with van der Waals surface area (Å²) in [5.74, 6) is 1.46. The molecule has 0 bridgehead atoms. The monoisotopic (exact) mass is 605 g/mol. The number of para-hydroxylation sites is 1. The van der Waals surface area contributed by atoms with Crippen LogP contribution >= 0.6 is 27.7 Å². The van der Waals surface area contributed by atoms with Crippen LogP contribution in [0, 0.1) is 0 Å². The van der Waals surface area contributed by atoms with Gasteiger partial charge < -0.3 is 15.0 Å². The van der Waals surface area contributed by atoms with Gasteiger partial charge in [0.2, 0.25) is 11.8 Å². The second-order valence-corrected chi connectivity index (χ2v) is 10.9. The van der Waals surface area contributed by atoms with Gasteiger partial charge in [-0.3, -0.25) is 14.2 Å². The Bertz CT molecular complexity index is 1460. The fourth-order valence-electron chi connectivity index (χ4n) is 4.52. The van der Waals surface area contributed by atoms with Crippen molar-refractivity contribution in [2.75, 3.05) is 24.3 Å². The van der Waals surface area contributed by atoms with Gasteiger partial charge in [-0.2, -0.15) is 0 Å². The van der Waals surface area contributed by atoms with Crippen molar-refractivity contribution in [1.82, 2.24) is 20.1 Å². The number of aryl methyl sites for hydroxylation is 1. The molecule has 1 N–H and O–H groups in total. The summed E-state index contributed by atoms with van der Waals surface area (Å²) < 4.78 is 8.02. The molecular formula is C29H28BrN5O3S. The van der Waals surface area contributed by atoms with Crippen molar-refractivity contribution in [3.63, 3.8) is 0 Å². The zero-order valence-electron chi connectivity index (χ0n) is 21.5. The first-order valence-corrected chi connectivity index (χ1v) is 14.4. The molecule has 2 heterocycles. The van der Waals surface area contributed by atoms with E-state index in [1.807, 2.05) is 76.2 Å². The van der Waals surface area contributed by atoms with Crippen molar-refractivity contribution < 1.29 is 14.3 Å². The predicted octanol–water partition coefficient (Wildman–Crippen LogP) is 4.97. The number of ether oxygens (including phenoxy) is 1. The van der Waals surface area contributed by atoms with Gasteiger partial charge in [0.15, 0.2) is 11.0 Å². The molecule has 5 rings (SSSR count). The smallest absolute Gasteiger partial charge is 0.237 e. The van der Waals surface area contributed by atoms with Crippen molar-refractivity contribution in [3.05, 3.63) is 94.2 Å². The maximum atomic E-state index is 13.2. The molecule has 200 valence electrons. The Morgan fingerprint density at radius 3 is 2.56 bits per heavy atom. The lowest BCUT2D eigenvalue weighted by Crippen LogP contribution is -2.36. The summed E-state index contributed by atoms with van der Waals surface area (Å²) in [7, 11) is 1.61. The molecule has 2 amide bonds. The molecule has 8 nitrogen and oxygen atoms in total. The maximum absolute atomic E-state index is 13.2. The number of halogens is 1. The van der Waals surface area contributed by atoms with Crippen LogP contribution in [0.25, 0.3) is 5.69 Å². The third-order valence-corrected chi connectivity index (χ3v) is 7.93. The molecule has 1 aromatic heterocycles. The summed E-state index contributed by atoms with van der Waals surface area (Å²) >= 11 is 4.83. The number of hydrogen-bond donors (Lipinski definition) is 1. The molecule has 1 aliphatic heterocycles. The SMILES string of the molecule is COc1ccc(CC(=O)NCc2nnc(SCC(=O)N3CCCc4ccccc43)n2-c2ccc(Br)cc2)cc1. The molecule has 0 saturated carbocycles. The van der Waals surface area contributed by atoms with Crippen LogP contribution in [0.15, 0.2) is 82.4 Å². The molecule has 0 aliphatic carbocycles. The number of hydrogen-bond acceptors (Lipinski definition) is 6. The number of carbonyl (C=O) groups excluding carboxylic acids is 2. The summed E-state index contributed by atoms with van der Waals surface area (Å²) in [6.07, 6.45) is 2.17. The van der Waals surface area contributed by atoms with Crippen LogP contribution in [0.2, 0.25) is 0 Å². The van der Waals surface area contributed by atoms with Crippen molar-refractivity contribution >= 4 is 45.2 Å². The number of fused-ring (bicyclic) bond motifs is 1. The highest BCUT2D eigenvalue weighted by atomic mass is 79.9. The highest BCUT2D eigenvalue weighted by Crippen LogP contribution is 2.29. The van der Waals surface area contributed by atoms with E-state index in [1.54, 1.807) is 7.11 Å². The number of nitrogens with one attached hydrogen (secondary N) is 1. The number of nitrogens with zero attached hydrogens (tertiary/aromatic N) is 4. The van der Waals surface area contributed by atoms with Crippen LogP contribution in [0.1, 0.15) is 23.4 Å². The summed E-state index contributed by atoms with van der Waals surface area (Å²) in [5.41, 5.74) is 3.93. The molecular weight excluding hydrogens is 578 g/mol. The second-order valence-electron chi connectivity index (χ2n) is 9.08. The third kappa shape index (κ3) is 6.51. The third-order valence-electron chi connectivity index (χ3n) is 6.49. The first kappa shape index (κ1) is 27.0. The van der Waals surface area contributed by atoms with Crippen LogP contribution in [0.4, 0.5) is 5.69 Å². The number of amides is 2. The van der Waals surface area contributed by atoms with Gasteiger partial charge in [0.1, 0.15) is 5.75 Å². The Balaban J connectivity index is 1.29. The summed E-state index contributed by atoms with van der Waals surface area (Å²) in [6.45, 7) is 0.910. The van der Waals surface area contributed by atoms with E-state index in [0.29, 0.717) is 17.5 Å². The van der Waals surface area contributed by atoms with E-state index in [0.717, 1.165) is 40.0 Å². The molecule has 0 saturated heterocycles. The molecule has 1 aliphatic rings. The fourth-order valence-corrected chi connectivity index (χ4v) is 5.63. The molecule has 0 atom stereocenters. The van der Waals surface area contributed by atoms with Gasteiger partial charge in [0, 0.05) is 22.4 Å². The van der Waals surface area contributed by atoms with Crippen LogP contribution in [-0.2, 0) is 29.0 Å². The lowest BCUT2D eigenvalue weighted by Gasteiger charge is -2.29. The van der Waals surface area contributed by atoms with E-state index < -0.39 is 0 Å². The van der Waals surface area contributed by atoms with Crippen molar-refractivity contribution in [3.8, 4) is 11.4 Å². The normalized spacial score (nSPS) is 12.6. The number of aromatic nitrogens is 3. The lowest BCUT2D eigenvalue weighted by molar-refractivity contribution is -0.120. The van der Waals surface area contributed by atoms with Crippen LogP contribution < -0.4 is 15.0 Å². The summed E-state index contributed by atoms with van der Waals surface area (Å²) in [6, 6.07) is 23.2. The molecule has 0 fully saturated rings. The minimum atomic E-state index is -0.126. The fraction of sp³-hybridized carbons (Fsp3) is 0.241. The van der Waals surface area contributed by atoms with E-state index in [1.165, 1.54) is 17.3 Å². The number of carbonyl (C=O) groups is 2. The van der Waals surface area contributed by atoms with Gasteiger partial charge in [-0.15, -0.1) is 10.2 Å². The van der Waals surface area contributed by atoms with Gasteiger partial charge in [0.25, 0.3) is 0 Å². The molecule has 0 unspecified atom stereocenters. The number of benzene rings is 3. The number of thioether (sulfide) groups is 1. The van der Waals surface area contributed by atoms with E-state index in [9.17, 15) is 9.59 Å². The Hall–Kier alpha value is -3.63. The van der Waals surface area contributed by atoms with Crippen molar-refractivity contribution in [1.29, 1.82) is 0 Å². The molecule has 0 spiro atoms. The number of rotatable bonds is 9. The minimum absolute atomic E-state index is 0.0341. The Labute approximate surface area is 239 Å². The van der Waals surface area contributed by atoms with Gasteiger partial charge in [-0.25, -0.2) is 0 Å². The first-order chi connectivity index (χ1) is 19.0. The number of methoxy groups -OCH3 is 1. The largest absolute Gasteiger partial charge is 0.497 e. The Morgan fingerprint density at radius 1 is 1.03 bits per heavy atom. The zero-order chi connectivity index (χ0) is 27.2. The standard InChI is InChI=1S/C29H28BrN5O3S/c1-38-24-14-8-20(9-15-24)17-27(36)31-18-26-32-33-29(35(26)23-12-10-22(30)11-13-23)39-19-28(37)34-16-4-6-21-5-2-3-7-25(21)34/h2-3,5,7-15H,4,6,16-19H2,1H3,(H,31,36). The molecule has 0 radical (unpaired) electrons. The lowest BCUT2D eigenvalue weighted by atomic mass is 10.0. The van der Waals surface area contributed by atoms with Gasteiger partial charge in [0.05, 0.1) is 25.8 Å². The highest BCUT2D eigenvalue weighted by molar-refractivity contribution is 9.10. The quantitative estimate of drug-likeness (QED) is 0.271. The number of anilines is 1. The average Bonchev–Trinajstić information content (AvgIpc) is 3.38. The molecule has 3 aromatic carbocycles. The molecule has 4 aromatic rings. The molecule has 39 heavy (non-hydrogen) atoms. The zero-order valence-corrected chi connectivity index (χ0v) is 23.9. The van der Waals surface area contributed by atoms with E-state index in [-0.39, 0.29) is 30.5 Å². The van der Waals surface area contributed by atoms with Crippen LogP contribution in [-0.4, -0.2) is 46.0 Å². The minimum Gasteiger partial charge on any atom is -0.497 e. The van der Waals surface area contributed by atoms with Crippen LogP contribution in [0.5, 0.6) is 5.75 Å². The second kappa shape index (κ2) is 12.5.